The molecule has 0 unspecified atom stereocenters. The molecular formula is C21H32N4O. The Morgan fingerprint density at radius 3 is 2.73 bits per heavy atom. The van der Waals surface area contributed by atoms with Crippen molar-refractivity contribution in [1.82, 2.24) is 15.2 Å². The van der Waals surface area contributed by atoms with Crippen molar-refractivity contribution in [2.45, 2.75) is 45.1 Å². The zero-order valence-electron chi connectivity index (χ0n) is 15.9. The predicted octanol–water partition coefficient (Wildman–Crippen LogP) is 2.53. The highest BCUT2D eigenvalue weighted by atomic mass is 16.1. The molecule has 1 aromatic rings. The number of hydrogen-bond donors (Lipinski definition) is 1. The van der Waals surface area contributed by atoms with Crippen LogP contribution in [0, 0.1) is 17.8 Å². The molecule has 26 heavy (non-hydrogen) atoms. The van der Waals surface area contributed by atoms with Crippen LogP contribution in [-0.4, -0.2) is 54.6 Å². The lowest BCUT2D eigenvalue weighted by atomic mass is 9.84. The maximum absolute atomic E-state index is 12.4. The highest BCUT2D eigenvalue weighted by molar-refractivity contribution is 5.76. The third-order valence-electron chi connectivity index (χ3n) is 6.82. The van der Waals surface area contributed by atoms with Crippen molar-refractivity contribution in [2.24, 2.45) is 17.8 Å². The minimum absolute atomic E-state index is 0.229. The molecule has 4 atom stereocenters. The standard InChI is InChI=1S/C21H32N4O/c1-16(19-15-17-5-6-18(19)14-17)23-21(26)7-9-24-10-12-25(13-11-24)20-4-2-3-8-22-20/h2-4,8,16-19H,5-7,9-15H2,1H3,(H,23,26)/t16-,17+,18+,19+/m1/s1. The van der Waals surface area contributed by atoms with E-state index in [1.54, 1.807) is 0 Å². The smallest absolute Gasteiger partial charge is 0.221 e. The van der Waals surface area contributed by atoms with Crippen molar-refractivity contribution in [3.63, 3.8) is 0 Å². The Morgan fingerprint density at radius 2 is 2.08 bits per heavy atom. The van der Waals surface area contributed by atoms with E-state index < -0.39 is 0 Å². The molecule has 0 aromatic carbocycles. The van der Waals surface area contributed by atoms with Crippen molar-refractivity contribution in [1.29, 1.82) is 0 Å². The van der Waals surface area contributed by atoms with Gasteiger partial charge in [-0.1, -0.05) is 12.5 Å². The number of piperazine rings is 1. The summed E-state index contributed by atoms with van der Waals surface area (Å²) in [5.41, 5.74) is 0. The molecule has 0 spiro atoms. The third-order valence-corrected chi connectivity index (χ3v) is 6.82. The summed E-state index contributed by atoms with van der Waals surface area (Å²) in [7, 11) is 0. The Kier molecular flexibility index (Phi) is 5.44. The lowest BCUT2D eigenvalue weighted by molar-refractivity contribution is -0.122. The number of hydrogen-bond acceptors (Lipinski definition) is 4. The fraction of sp³-hybridized carbons (Fsp3) is 0.714. The number of amides is 1. The normalized spacial score (nSPS) is 29.7. The highest BCUT2D eigenvalue weighted by Crippen LogP contribution is 2.49. The molecule has 142 valence electrons. The Hall–Kier alpha value is -1.62. The molecule has 1 amide bonds. The molecule has 5 heteroatoms. The van der Waals surface area contributed by atoms with Gasteiger partial charge in [0.25, 0.3) is 0 Å². The van der Waals surface area contributed by atoms with Gasteiger partial charge < -0.3 is 10.2 Å². The molecule has 1 N–H and O–H groups in total. The molecule has 2 saturated carbocycles. The van der Waals surface area contributed by atoms with Crippen LogP contribution >= 0.6 is 0 Å². The van der Waals surface area contributed by atoms with Gasteiger partial charge in [0, 0.05) is 51.4 Å². The van der Waals surface area contributed by atoms with Crippen LogP contribution in [0.3, 0.4) is 0 Å². The van der Waals surface area contributed by atoms with Crippen LogP contribution in [0.4, 0.5) is 5.82 Å². The van der Waals surface area contributed by atoms with Gasteiger partial charge in [0.05, 0.1) is 0 Å². The lowest BCUT2D eigenvalue weighted by Crippen LogP contribution is -2.48. The van der Waals surface area contributed by atoms with E-state index in [4.69, 9.17) is 0 Å². The second-order valence-electron chi connectivity index (χ2n) is 8.46. The molecule has 2 heterocycles. The predicted molar refractivity (Wildman–Crippen MR) is 104 cm³/mol. The van der Waals surface area contributed by atoms with E-state index in [0.717, 1.165) is 56.3 Å². The molecule has 3 aliphatic rings. The number of fused-ring (bicyclic) bond motifs is 2. The molecule has 1 aliphatic heterocycles. The van der Waals surface area contributed by atoms with Crippen LogP contribution in [0.2, 0.25) is 0 Å². The average Bonchev–Trinajstić information content (AvgIpc) is 3.31. The summed E-state index contributed by atoms with van der Waals surface area (Å²) in [5.74, 6) is 3.83. The van der Waals surface area contributed by atoms with Gasteiger partial charge in [-0.15, -0.1) is 0 Å². The maximum atomic E-state index is 12.4. The van der Waals surface area contributed by atoms with Gasteiger partial charge in [-0.2, -0.15) is 0 Å². The van der Waals surface area contributed by atoms with Crippen molar-refractivity contribution in [2.75, 3.05) is 37.6 Å². The number of anilines is 1. The van der Waals surface area contributed by atoms with Gasteiger partial charge in [0.1, 0.15) is 5.82 Å². The summed E-state index contributed by atoms with van der Waals surface area (Å²) in [5, 5.41) is 3.29. The maximum Gasteiger partial charge on any atom is 0.221 e. The molecule has 5 nitrogen and oxygen atoms in total. The number of carbonyl (C=O) groups excluding carboxylic acids is 1. The number of pyridine rings is 1. The summed E-state index contributed by atoms with van der Waals surface area (Å²) < 4.78 is 0. The zero-order chi connectivity index (χ0) is 17.9. The van der Waals surface area contributed by atoms with Crippen LogP contribution in [-0.2, 0) is 4.79 Å². The number of nitrogens with one attached hydrogen (secondary N) is 1. The summed E-state index contributed by atoms with van der Waals surface area (Å²) in [6, 6.07) is 6.41. The summed E-state index contributed by atoms with van der Waals surface area (Å²) >= 11 is 0. The van der Waals surface area contributed by atoms with Gasteiger partial charge in [-0.3, -0.25) is 9.69 Å². The first-order valence-electron chi connectivity index (χ1n) is 10.4. The highest BCUT2D eigenvalue weighted by Gasteiger charge is 2.42. The Balaban J connectivity index is 1.16. The van der Waals surface area contributed by atoms with Crippen LogP contribution < -0.4 is 10.2 Å². The minimum atomic E-state index is 0.229. The summed E-state index contributed by atoms with van der Waals surface area (Å²) in [6.45, 7) is 7.07. The van der Waals surface area contributed by atoms with Gasteiger partial charge in [-0.25, -0.2) is 4.98 Å². The molecule has 3 fully saturated rings. The average molecular weight is 357 g/mol. The van der Waals surface area contributed by atoms with E-state index in [1.165, 1.54) is 25.7 Å². The first-order chi connectivity index (χ1) is 12.7. The molecule has 1 saturated heterocycles. The molecule has 1 aromatic heterocycles. The van der Waals surface area contributed by atoms with Crippen LogP contribution in [0.5, 0.6) is 0 Å². The van der Waals surface area contributed by atoms with Crippen molar-refractivity contribution in [3.8, 4) is 0 Å². The fourth-order valence-corrected chi connectivity index (χ4v) is 5.34. The van der Waals surface area contributed by atoms with Crippen LogP contribution in [0.1, 0.15) is 39.0 Å². The van der Waals surface area contributed by atoms with E-state index in [-0.39, 0.29) is 5.91 Å². The van der Waals surface area contributed by atoms with E-state index in [9.17, 15) is 4.79 Å². The first-order valence-corrected chi connectivity index (χ1v) is 10.4. The summed E-state index contributed by atoms with van der Waals surface area (Å²) in [6.07, 6.45) is 8.02. The molecular weight excluding hydrogens is 324 g/mol. The second-order valence-corrected chi connectivity index (χ2v) is 8.46. The van der Waals surface area contributed by atoms with Gasteiger partial charge in [-0.05, 0) is 56.1 Å². The molecule has 2 aliphatic carbocycles. The van der Waals surface area contributed by atoms with E-state index in [1.807, 2.05) is 18.3 Å². The van der Waals surface area contributed by atoms with Crippen LogP contribution in [0.25, 0.3) is 0 Å². The number of carbonyl (C=O) groups is 1. The fourth-order valence-electron chi connectivity index (χ4n) is 5.34. The molecule has 2 bridgehead atoms. The first kappa shape index (κ1) is 17.8. The zero-order valence-corrected chi connectivity index (χ0v) is 15.9. The molecule has 0 radical (unpaired) electrons. The van der Waals surface area contributed by atoms with Crippen molar-refractivity contribution in [3.05, 3.63) is 24.4 Å². The van der Waals surface area contributed by atoms with Crippen molar-refractivity contribution >= 4 is 11.7 Å². The SMILES string of the molecule is C[C@@H](NC(=O)CCN1CCN(c2ccccn2)CC1)[C@@H]1C[C@H]2CC[C@H]1C2. The lowest BCUT2D eigenvalue weighted by Gasteiger charge is -2.35. The molecule has 4 rings (SSSR count). The van der Waals surface area contributed by atoms with Crippen LogP contribution in [0.15, 0.2) is 24.4 Å². The topological polar surface area (TPSA) is 48.5 Å². The number of rotatable bonds is 6. The largest absolute Gasteiger partial charge is 0.354 e. The summed E-state index contributed by atoms with van der Waals surface area (Å²) in [4.78, 5) is 21.5. The van der Waals surface area contributed by atoms with Gasteiger partial charge in [0.15, 0.2) is 0 Å². The Bertz CT molecular complexity index is 599. The van der Waals surface area contributed by atoms with E-state index in [2.05, 4.69) is 33.1 Å². The van der Waals surface area contributed by atoms with Gasteiger partial charge in [0.2, 0.25) is 5.91 Å². The van der Waals surface area contributed by atoms with Gasteiger partial charge >= 0.3 is 0 Å². The quantitative estimate of drug-likeness (QED) is 0.851. The monoisotopic (exact) mass is 356 g/mol. The Morgan fingerprint density at radius 1 is 1.23 bits per heavy atom. The minimum Gasteiger partial charge on any atom is -0.354 e. The number of nitrogens with zero attached hydrogens (tertiary/aromatic N) is 3. The van der Waals surface area contributed by atoms with E-state index >= 15 is 0 Å². The third kappa shape index (κ3) is 4.03. The second kappa shape index (κ2) is 7.95. The van der Waals surface area contributed by atoms with E-state index in [0.29, 0.717) is 12.5 Å². The number of aromatic nitrogens is 1. The van der Waals surface area contributed by atoms with Crippen molar-refractivity contribution < 1.29 is 4.79 Å². The Labute approximate surface area is 157 Å².